The van der Waals surface area contributed by atoms with E-state index in [0.717, 1.165) is 5.56 Å². The summed E-state index contributed by atoms with van der Waals surface area (Å²) in [6, 6.07) is 3.38. The molecule has 17 heavy (non-hydrogen) atoms. The van der Waals surface area contributed by atoms with Crippen molar-refractivity contribution in [2.24, 2.45) is 0 Å². The Morgan fingerprint density at radius 3 is 2.53 bits per heavy atom. The van der Waals surface area contributed by atoms with Crippen LogP contribution in [0.3, 0.4) is 0 Å². The van der Waals surface area contributed by atoms with Gasteiger partial charge in [-0.2, -0.15) is 0 Å². The zero-order valence-corrected chi connectivity index (χ0v) is 9.10. The number of ether oxygens (including phenoxy) is 1. The number of hydrogen-bond donors (Lipinski definition) is 2. The molecular weight excluding hydrogens is 224 g/mol. The number of fused-ring (bicyclic) bond motifs is 1. The molecule has 5 heteroatoms. The first-order valence-corrected chi connectivity index (χ1v) is 5.27. The molecule has 2 rings (SSSR count). The predicted octanol–water partition coefficient (Wildman–Crippen LogP) is 0.876. The van der Waals surface area contributed by atoms with Crippen LogP contribution in [0.1, 0.15) is 16.7 Å². The Bertz CT molecular complexity index is 478. The molecule has 1 heterocycles. The zero-order valence-electron chi connectivity index (χ0n) is 9.10. The predicted molar refractivity (Wildman–Crippen MR) is 58.3 cm³/mol. The summed E-state index contributed by atoms with van der Waals surface area (Å²) in [6.45, 7) is 0.526. The Morgan fingerprint density at radius 1 is 1.18 bits per heavy atom. The van der Waals surface area contributed by atoms with Crippen LogP contribution in [0, 0.1) is 0 Å². The van der Waals surface area contributed by atoms with E-state index in [0.29, 0.717) is 29.9 Å². The van der Waals surface area contributed by atoms with Gasteiger partial charge in [-0.1, -0.05) is 12.1 Å². The highest BCUT2D eigenvalue weighted by atomic mass is 16.5. The molecule has 0 fully saturated rings. The van der Waals surface area contributed by atoms with Crippen LogP contribution < -0.4 is 4.74 Å². The van der Waals surface area contributed by atoms with E-state index >= 15 is 0 Å². The molecule has 5 nitrogen and oxygen atoms in total. The van der Waals surface area contributed by atoms with Gasteiger partial charge in [0.05, 0.1) is 19.4 Å². The third-order valence-corrected chi connectivity index (χ3v) is 2.62. The quantitative estimate of drug-likeness (QED) is 0.810. The number of carboxylic acid groups (broad SMARTS) is 2. The van der Waals surface area contributed by atoms with E-state index in [2.05, 4.69) is 0 Å². The van der Waals surface area contributed by atoms with Crippen LogP contribution in [0.25, 0.3) is 0 Å². The van der Waals surface area contributed by atoms with Gasteiger partial charge < -0.3 is 14.9 Å². The van der Waals surface area contributed by atoms with Gasteiger partial charge in [-0.3, -0.25) is 9.59 Å². The topological polar surface area (TPSA) is 83.8 Å². The summed E-state index contributed by atoms with van der Waals surface area (Å²) < 4.78 is 5.38. The van der Waals surface area contributed by atoms with E-state index in [1.807, 2.05) is 0 Å². The normalized spacial score (nSPS) is 12.9. The molecule has 0 spiro atoms. The molecule has 0 saturated heterocycles. The van der Waals surface area contributed by atoms with E-state index in [1.165, 1.54) is 0 Å². The molecule has 0 aromatic heterocycles. The second kappa shape index (κ2) is 4.45. The van der Waals surface area contributed by atoms with Crippen LogP contribution >= 0.6 is 0 Å². The van der Waals surface area contributed by atoms with Gasteiger partial charge in [-0.25, -0.2) is 0 Å². The first kappa shape index (κ1) is 11.4. The Kier molecular flexibility index (Phi) is 2.99. The second-order valence-electron chi connectivity index (χ2n) is 3.98. The molecule has 0 unspecified atom stereocenters. The van der Waals surface area contributed by atoms with Gasteiger partial charge in [-0.05, 0) is 11.1 Å². The highest BCUT2D eigenvalue weighted by Crippen LogP contribution is 2.31. The molecule has 1 aromatic rings. The lowest BCUT2D eigenvalue weighted by Crippen LogP contribution is -2.05. The standard InChI is InChI=1S/C12H12O5/c13-10(14)5-7-3-8-1-2-17-12(8)9(4-7)6-11(15)16/h3-4H,1-2,5-6H2,(H,13,14)(H,15,16). The SMILES string of the molecule is O=C(O)Cc1cc2c(c(CC(=O)O)c1)OCC2. The summed E-state index contributed by atoms with van der Waals surface area (Å²) in [7, 11) is 0. The van der Waals surface area contributed by atoms with Crippen LogP contribution in [0.15, 0.2) is 12.1 Å². The highest BCUT2D eigenvalue weighted by Gasteiger charge is 2.19. The lowest BCUT2D eigenvalue weighted by Gasteiger charge is -2.08. The molecule has 0 atom stereocenters. The molecule has 1 aliphatic rings. The summed E-state index contributed by atoms with van der Waals surface area (Å²) in [6.07, 6.45) is 0.463. The van der Waals surface area contributed by atoms with E-state index in [9.17, 15) is 9.59 Å². The Morgan fingerprint density at radius 2 is 1.88 bits per heavy atom. The van der Waals surface area contributed by atoms with Crippen molar-refractivity contribution in [2.45, 2.75) is 19.3 Å². The van der Waals surface area contributed by atoms with Gasteiger partial charge >= 0.3 is 11.9 Å². The molecule has 90 valence electrons. The molecule has 0 aliphatic carbocycles. The Hall–Kier alpha value is -2.04. The third kappa shape index (κ3) is 2.55. The van der Waals surface area contributed by atoms with E-state index < -0.39 is 11.9 Å². The van der Waals surface area contributed by atoms with Crippen molar-refractivity contribution in [3.05, 3.63) is 28.8 Å². The molecule has 1 aliphatic heterocycles. The van der Waals surface area contributed by atoms with Crippen LogP contribution in [0.2, 0.25) is 0 Å². The maximum absolute atomic E-state index is 10.7. The fourth-order valence-corrected chi connectivity index (χ4v) is 2.03. The molecule has 0 amide bonds. The molecule has 0 radical (unpaired) electrons. The number of carboxylic acids is 2. The van der Waals surface area contributed by atoms with Crippen LogP contribution in [-0.2, 0) is 28.9 Å². The minimum absolute atomic E-state index is 0.0973. The average Bonchev–Trinajstić information content (AvgIpc) is 2.63. The summed E-state index contributed by atoms with van der Waals surface area (Å²) >= 11 is 0. The van der Waals surface area contributed by atoms with Gasteiger partial charge in [0, 0.05) is 12.0 Å². The van der Waals surface area contributed by atoms with Gasteiger partial charge in [0.1, 0.15) is 5.75 Å². The maximum atomic E-state index is 10.7. The van der Waals surface area contributed by atoms with Crippen molar-refractivity contribution in [3.8, 4) is 5.75 Å². The molecular formula is C12H12O5. The highest BCUT2D eigenvalue weighted by molar-refractivity contribution is 5.74. The summed E-state index contributed by atoms with van der Waals surface area (Å²) in [4.78, 5) is 21.4. The summed E-state index contributed by atoms with van der Waals surface area (Å²) in [5.41, 5.74) is 2.08. The maximum Gasteiger partial charge on any atom is 0.307 e. The number of benzene rings is 1. The second-order valence-corrected chi connectivity index (χ2v) is 3.98. The minimum Gasteiger partial charge on any atom is -0.493 e. The monoisotopic (exact) mass is 236 g/mol. The van der Waals surface area contributed by atoms with Gasteiger partial charge in [0.15, 0.2) is 0 Å². The molecule has 0 saturated carbocycles. The van der Waals surface area contributed by atoms with Crippen molar-refractivity contribution in [1.29, 1.82) is 0 Å². The number of rotatable bonds is 4. The smallest absolute Gasteiger partial charge is 0.307 e. The van der Waals surface area contributed by atoms with Crippen LogP contribution in [-0.4, -0.2) is 28.8 Å². The fourth-order valence-electron chi connectivity index (χ4n) is 2.03. The van der Waals surface area contributed by atoms with Gasteiger partial charge in [0.25, 0.3) is 0 Å². The molecule has 2 N–H and O–H groups in total. The van der Waals surface area contributed by atoms with Crippen molar-refractivity contribution < 1.29 is 24.5 Å². The van der Waals surface area contributed by atoms with E-state index in [1.54, 1.807) is 12.1 Å². The third-order valence-electron chi connectivity index (χ3n) is 2.62. The van der Waals surface area contributed by atoms with Crippen LogP contribution in [0.4, 0.5) is 0 Å². The Labute approximate surface area is 97.6 Å². The lowest BCUT2D eigenvalue weighted by atomic mass is 10.00. The molecule has 0 bridgehead atoms. The van der Waals surface area contributed by atoms with Gasteiger partial charge in [0.2, 0.25) is 0 Å². The van der Waals surface area contributed by atoms with E-state index in [4.69, 9.17) is 14.9 Å². The van der Waals surface area contributed by atoms with Crippen molar-refractivity contribution in [1.82, 2.24) is 0 Å². The van der Waals surface area contributed by atoms with Gasteiger partial charge in [-0.15, -0.1) is 0 Å². The largest absolute Gasteiger partial charge is 0.493 e. The minimum atomic E-state index is -0.949. The van der Waals surface area contributed by atoms with Crippen molar-refractivity contribution in [3.63, 3.8) is 0 Å². The number of hydrogen-bond acceptors (Lipinski definition) is 3. The lowest BCUT2D eigenvalue weighted by molar-refractivity contribution is -0.137. The number of aliphatic carboxylic acids is 2. The number of carbonyl (C=O) groups is 2. The Balaban J connectivity index is 2.38. The average molecular weight is 236 g/mol. The first-order chi connectivity index (χ1) is 8.06. The fraction of sp³-hybridized carbons (Fsp3) is 0.333. The van der Waals surface area contributed by atoms with Crippen molar-refractivity contribution >= 4 is 11.9 Å². The zero-order chi connectivity index (χ0) is 12.4. The summed E-state index contributed by atoms with van der Waals surface area (Å²) in [5, 5.41) is 17.5. The summed E-state index contributed by atoms with van der Waals surface area (Å²) in [5.74, 6) is -1.26. The first-order valence-electron chi connectivity index (χ1n) is 5.27. The van der Waals surface area contributed by atoms with Crippen molar-refractivity contribution in [2.75, 3.05) is 6.61 Å². The van der Waals surface area contributed by atoms with E-state index in [-0.39, 0.29) is 12.8 Å². The van der Waals surface area contributed by atoms with Crippen LogP contribution in [0.5, 0.6) is 5.75 Å². The molecule has 1 aromatic carbocycles.